The Bertz CT molecular complexity index is 711. The standard InChI is InChI=1S/C16H13BrClNO/c1-16(2)11-5-3-4-6-13(11)19(15(18)20)14-9-10(17)7-8-12(14)16/h3-9H,1-2H3. The molecule has 2 aromatic carbocycles. The Morgan fingerprint density at radius 2 is 1.75 bits per heavy atom. The normalized spacial score (nSPS) is 15.5. The molecule has 0 bridgehead atoms. The minimum atomic E-state index is -0.493. The van der Waals surface area contributed by atoms with Crippen LogP contribution in [0.4, 0.5) is 16.2 Å². The first-order valence-corrected chi connectivity index (χ1v) is 7.49. The van der Waals surface area contributed by atoms with Crippen LogP contribution in [0.5, 0.6) is 0 Å². The summed E-state index contributed by atoms with van der Waals surface area (Å²) in [7, 11) is 0. The van der Waals surface area contributed by atoms with Crippen molar-refractivity contribution in [3.05, 3.63) is 58.1 Å². The van der Waals surface area contributed by atoms with Crippen molar-refractivity contribution >= 4 is 44.3 Å². The number of rotatable bonds is 0. The van der Waals surface area contributed by atoms with Crippen LogP contribution in [0.1, 0.15) is 25.0 Å². The lowest BCUT2D eigenvalue weighted by Gasteiger charge is -2.40. The van der Waals surface area contributed by atoms with Crippen LogP contribution in [0.15, 0.2) is 46.9 Å². The van der Waals surface area contributed by atoms with Gasteiger partial charge in [0.25, 0.3) is 0 Å². The summed E-state index contributed by atoms with van der Waals surface area (Å²) in [6, 6.07) is 13.9. The smallest absolute Gasteiger partial charge is 0.267 e. The zero-order valence-corrected chi connectivity index (χ0v) is 13.5. The minimum absolute atomic E-state index is 0.171. The summed E-state index contributed by atoms with van der Waals surface area (Å²) in [5.74, 6) is 0. The van der Waals surface area contributed by atoms with Gasteiger partial charge in [-0.05, 0) is 40.9 Å². The van der Waals surface area contributed by atoms with Gasteiger partial charge in [0.05, 0.1) is 11.4 Å². The summed E-state index contributed by atoms with van der Waals surface area (Å²) in [6.45, 7) is 4.32. The zero-order chi connectivity index (χ0) is 14.5. The lowest BCUT2D eigenvalue weighted by Crippen LogP contribution is -2.34. The maximum atomic E-state index is 11.9. The molecule has 2 aromatic rings. The first-order valence-electron chi connectivity index (χ1n) is 6.32. The van der Waals surface area contributed by atoms with Crippen molar-refractivity contribution in [1.29, 1.82) is 0 Å². The number of carbonyl (C=O) groups excluding carboxylic acids is 1. The molecule has 0 fully saturated rings. The van der Waals surface area contributed by atoms with Crippen molar-refractivity contribution in [1.82, 2.24) is 0 Å². The summed E-state index contributed by atoms with van der Waals surface area (Å²) < 4.78 is 0.925. The van der Waals surface area contributed by atoms with Crippen molar-refractivity contribution in [2.45, 2.75) is 19.3 Å². The average molecular weight is 351 g/mol. The molecule has 0 aliphatic carbocycles. The Labute approximate surface area is 131 Å². The molecular formula is C16H13BrClNO. The second-order valence-electron chi connectivity index (χ2n) is 5.39. The summed E-state index contributed by atoms with van der Waals surface area (Å²) in [4.78, 5) is 13.5. The summed E-state index contributed by atoms with van der Waals surface area (Å²) in [5, 5.41) is -0.493. The highest BCUT2D eigenvalue weighted by atomic mass is 79.9. The predicted octanol–water partition coefficient (Wildman–Crippen LogP) is 5.59. The molecule has 0 unspecified atom stereocenters. The fourth-order valence-corrected chi connectivity index (χ4v) is 3.41. The van der Waals surface area contributed by atoms with E-state index in [9.17, 15) is 4.79 Å². The monoisotopic (exact) mass is 349 g/mol. The Morgan fingerprint density at radius 3 is 2.45 bits per heavy atom. The number of para-hydroxylation sites is 1. The highest BCUT2D eigenvalue weighted by Crippen LogP contribution is 2.49. The Kier molecular flexibility index (Phi) is 3.14. The van der Waals surface area contributed by atoms with Crippen LogP contribution < -0.4 is 4.90 Å². The van der Waals surface area contributed by atoms with E-state index < -0.39 is 5.37 Å². The number of hydrogen-bond donors (Lipinski definition) is 0. The molecule has 0 spiro atoms. The molecule has 0 atom stereocenters. The van der Waals surface area contributed by atoms with E-state index in [2.05, 4.69) is 29.8 Å². The molecule has 0 radical (unpaired) electrons. The third kappa shape index (κ3) is 1.88. The molecule has 1 aliphatic heterocycles. The Balaban J connectivity index is 2.37. The van der Waals surface area contributed by atoms with Crippen LogP contribution in [0, 0.1) is 0 Å². The molecule has 0 aromatic heterocycles. The van der Waals surface area contributed by atoms with Gasteiger partial charge >= 0.3 is 5.37 Å². The summed E-state index contributed by atoms with van der Waals surface area (Å²) in [6.07, 6.45) is 0. The van der Waals surface area contributed by atoms with E-state index in [1.54, 1.807) is 4.90 Å². The van der Waals surface area contributed by atoms with Gasteiger partial charge in [0.1, 0.15) is 0 Å². The topological polar surface area (TPSA) is 20.3 Å². The number of hydrogen-bond acceptors (Lipinski definition) is 1. The Hall–Kier alpha value is -1.32. The van der Waals surface area contributed by atoms with Crippen molar-refractivity contribution < 1.29 is 4.79 Å². The van der Waals surface area contributed by atoms with E-state index in [0.717, 1.165) is 27.0 Å². The third-order valence-electron chi connectivity index (χ3n) is 3.87. The van der Waals surface area contributed by atoms with Crippen LogP contribution in [0.3, 0.4) is 0 Å². The third-order valence-corrected chi connectivity index (χ3v) is 4.53. The van der Waals surface area contributed by atoms with Crippen LogP contribution in [-0.2, 0) is 5.41 Å². The van der Waals surface area contributed by atoms with Gasteiger partial charge in [-0.3, -0.25) is 9.69 Å². The summed E-state index contributed by atoms with van der Waals surface area (Å²) >= 11 is 9.29. The van der Waals surface area contributed by atoms with Gasteiger partial charge in [-0.25, -0.2) is 0 Å². The zero-order valence-electron chi connectivity index (χ0n) is 11.2. The first kappa shape index (κ1) is 13.7. The fraction of sp³-hybridized carbons (Fsp3) is 0.188. The lowest BCUT2D eigenvalue weighted by molar-refractivity contribution is 0.265. The highest BCUT2D eigenvalue weighted by molar-refractivity contribution is 9.10. The van der Waals surface area contributed by atoms with Crippen LogP contribution >= 0.6 is 27.5 Å². The first-order chi connectivity index (χ1) is 9.43. The van der Waals surface area contributed by atoms with E-state index in [1.165, 1.54) is 0 Å². The van der Waals surface area contributed by atoms with Gasteiger partial charge in [0.2, 0.25) is 0 Å². The molecule has 3 rings (SSSR count). The van der Waals surface area contributed by atoms with E-state index in [0.29, 0.717) is 0 Å². The predicted molar refractivity (Wildman–Crippen MR) is 86.1 cm³/mol. The second-order valence-corrected chi connectivity index (χ2v) is 6.63. The Morgan fingerprint density at radius 1 is 1.10 bits per heavy atom. The lowest BCUT2D eigenvalue weighted by atomic mass is 9.74. The van der Waals surface area contributed by atoms with Gasteiger partial charge in [-0.2, -0.15) is 0 Å². The molecule has 4 heteroatoms. The number of fused-ring (bicyclic) bond motifs is 2. The minimum Gasteiger partial charge on any atom is -0.267 e. The van der Waals surface area contributed by atoms with Crippen molar-refractivity contribution in [2.75, 3.05) is 4.90 Å². The largest absolute Gasteiger partial charge is 0.325 e. The fourth-order valence-electron chi connectivity index (χ4n) is 2.88. The van der Waals surface area contributed by atoms with Crippen molar-refractivity contribution in [2.24, 2.45) is 0 Å². The SMILES string of the molecule is CC1(C)c2ccccc2N(C(=O)Cl)c2cc(Br)ccc21. The molecule has 2 nitrogen and oxygen atoms in total. The van der Waals surface area contributed by atoms with Gasteiger partial charge in [-0.1, -0.05) is 54.0 Å². The van der Waals surface area contributed by atoms with E-state index in [1.807, 2.05) is 42.5 Å². The van der Waals surface area contributed by atoms with Gasteiger partial charge < -0.3 is 0 Å². The molecular weight excluding hydrogens is 338 g/mol. The second kappa shape index (κ2) is 4.61. The van der Waals surface area contributed by atoms with E-state index >= 15 is 0 Å². The van der Waals surface area contributed by atoms with Crippen LogP contribution in [0.2, 0.25) is 0 Å². The molecule has 1 amide bonds. The van der Waals surface area contributed by atoms with Gasteiger partial charge in [-0.15, -0.1) is 0 Å². The quantitative estimate of drug-likeness (QED) is 0.448. The summed E-state index contributed by atoms with van der Waals surface area (Å²) in [5.41, 5.74) is 3.71. The van der Waals surface area contributed by atoms with Crippen molar-refractivity contribution in [3.8, 4) is 0 Å². The van der Waals surface area contributed by atoms with Crippen LogP contribution in [0.25, 0.3) is 0 Å². The molecule has 0 saturated heterocycles. The number of nitrogens with zero attached hydrogens (tertiary/aromatic N) is 1. The number of halogens is 2. The highest BCUT2D eigenvalue weighted by Gasteiger charge is 2.37. The number of carbonyl (C=O) groups is 1. The molecule has 0 N–H and O–H groups in total. The molecule has 1 aliphatic rings. The maximum absolute atomic E-state index is 11.9. The van der Waals surface area contributed by atoms with Gasteiger partial charge in [0.15, 0.2) is 0 Å². The van der Waals surface area contributed by atoms with Gasteiger partial charge in [0, 0.05) is 9.89 Å². The van der Waals surface area contributed by atoms with E-state index in [4.69, 9.17) is 11.6 Å². The average Bonchev–Trinajstić information content (AvgIpc) is 2.38. The molecule has 0 saturated carbocycles. The van der Waals surface area contributed by atoms with E-state index in [-0.39, 0.29) is 5.41 Å². The number of amides is 1. The maximum Gasteiger partial charge on any atom is 0.325 e. The molecule has 102 valence electrons. The van der Waals surface area contributed by atoms with Crippen LogP contribution in [-0.4, -0.2) is 5.37 Å². The molecule has 20 heavy (non-hydrogen) atoms. The van der Waals surface area contributed by atoms with Crippen molar-refractivity contribution in [3.63, 3.8) is 0 Å². The molecule has 1 heterocycles. The number of anilines is 2. The number of benzene rings is 2.